The fourth-order valence-electron chi connectivity index (χ4n) is 5.03. The van der Waals surface area contributed by atoms with E-state index >= 15 is 0 Å². The minimum absolute atomic E-state index is 0.177. The average molecular weight is 611 g/mol. The Bertz CT molecular complexity index is 1870. The molecule has 0 saturated heterocycles. The zero-order valence-electron chi connectivity index (χ0n) is 25.1. The summed E-state index contributed by atoms with van der Waals surface area (Å²) >= 11 is 1.22. The second-order valence-corrected chi connectivity index (χ2v) is 11.4. The Morgan fingerprint density at radius 2 is 1.61 bits per heavy atom. The van der Waals surface area contributed by atoms with Crippen molar-refractivity contribution in [3.8, 4) is 5.75 Å². The lowest BCUT2D eigenvalue weighted by Gasteiger charge is -2.26. The topological polar surface area (TPSA) is 96.2 Å². The van der Waals surface area contributed by atoms with Crippen molar-refractivity contribution in [1.82, 2.24) is 4.57 Å². The standard InChI is InChI=1S/C35H34N2O6S/c1-5-41-29(38)21-43-27-15-11-10-14-26(27)20-28-33(39)37-32(25-18-16-23(17-19-25)22(3)4)30(34(40)42-6-2)31(36-35(37)44-28)24-12-8-7-9-13-24/h7-20,22,32H,5-6,21H2,1-4H3/b28-20-/t32-/m1/s1. The van der Waals surface area contributed by atoms with E-state index in [1.54, 1.807) is 42.7 Å². The molecule has 0 amide bonds. The summed E-state index contributed by atoms with van der Waals surface area (Å²) in [5.74, 6) is -0.258. The van der Waals surface area contributed by atoms with Gasteiger partial charge >= 0.3 is 11.9 Å². The maximum atomic E-state index is 14.2. The fourth-order valence-corrected chi connectivity index (χ4v) is 6.02. The lowest BCUT2D eigenvalue weighted by atomic mass is 9.91. The van der Waals surface area contributed by atoms with Gasteiger partial charge in [0.1, 0.15) is 5.75 Å². The number of benzene rings is 3. The van der Waals surface area contributed by atoms with Gasteiger partial charge in [-0.2, -0.15) is 0 Å². The quantitative estimate of drug-likeness (QED) is 0.235. The number of fused-ring (bicyclic) bond motifs is 1. The molecule has 2 heterocycles. The highest BCUT2D eigenvalue weighted by Crippen LogP contribution is 2.35. The minimum Gasteiger partial charge on any atom is -0.481 e. The number of aromatic nitrogens is 1. The highest BCUT2D eigenvalue weighted by molar-refractivity contribution is 7.07. The second kappa shape index (κ2) is 13.7. The van der Waals surface area contributed by atoms with Gasteiger partial charge in [0.15, 0.2) is 11.4 Å². The number of carbonyl (C=O) groups is 2. The van der Waals surface area contributed by atoms with E-state index < -0.39 is 18.0 Å². The van der Waals surface area contributed by atoms with E-state index in [2.05, 4.69) is 13.8 Å². The molecule has 1 atom stereocenters. The van der Waals surface area contributed by atoms with E-state index in [1.807, 2.05) is 60.7 Å². The Hall–Kier alpha value is -4.76. The Balaban J connectivity index is 1.72. The first-order chi connectivity index (χ1) is 21.3. The third-order valence-corrected chi connectivity index (χ3v) is 8.13. The Morgan fingerprint density at radius 3 is 2.30 bits per heavy atom. The second-order valence-electron chi connectivity index (χ2n) is 10.4. The fraction of sp³-hybridized carbons (Fsp3) is 0.257. The van der Waals surface area contributed by atoms with Gasteiger partial charge in [-0.3, -0.25) is 9.36 Å². The molecule has 9 heteroatoms. The van der Waals surface area contributed by atoms with Crippen molar-refractivity contribution >= 4 is 35.0 Å². The van der Waals surface area contributed by atoms with Crippen LogP contribution in [0.2, 0.25) is 0 Å². The SMILES string of the molecule is CCOC(=O)COc1ccccc1/C=c1\sc2n(c1=O)[C@H](c1ccc(C(C)C)cc1)C(C(=O)OCC)=C(c1ccccc1)N=2. The maximum absolute atomic E-state index is 14.2. The molecule has 0 unspecified atom stereocenters. The predicted molar refractivity (Wildman–Crippen MR) is 170 cm³/mol. The summed E-state index contributed by atoms with van der Waals surface area (Å²) in [5.41, 5.74) is 3.74. The van der Waals surface area contributed by atoms with Crippen LogP contribution in [0.4, 0.5) is 0 Å². The van der Waals surface area contributed by atoms with Crippen LogP contribution in [-0.2, 0) is 19.1 Å². The summed E-state index contributed by atoms with van der Waals surface area (Å²) in [6.45, 7) is 7.89. The van der Waals surface area contributed by atoms with Crippen LogP contribution >= 0.6 is 11.3 Å². The average Bonchev–Trinajstić information content (AvgIpc) is 3.34. The molecule has 1 aromatic heterocycles. The molecule has 1 aliphatic rings. The van der Waals surface area contributed by atoms with Crippen molar-refractivity contribution in [1.29, 1.82) is 0 Å². The largest absolute Gasteiger partial charge is 0.481 e. The van der Waals surface area contributed by atoms with Gasteiger partial charge in [-0.1, -0.05) is 98.0 Å². The number of hydrogen-bond acceptors (Lipinski definition) is 8. The predicted octanol–water partition coefficient (Wildman–Crippen LogP) is 5.00. The van der Waals surface area contributed by atoms with Crippen LogP contribution in [0.15, 0.2) is 94.2 Å². The molecule has 0 fully saturated rings. The normalized spacial score (nSPS) is 14.7. The maximum Gasteiger partial charge on any atom is 0.344 e. The number of rotatable bonds is 10. The summed E-state index contributed by atoms with van der Waals surface area (Å²) < 4.78 is 18.2. The first-order valence-corrected chi connectivity index (χ1v) is 15.4. The number of carbonyl (C=O) groups excluding carboxylic acids is 2. The van der Waals surface area contributed by atoms with E-state index in [-0.39, 0.29) is 25.4 Å². The molecule has 5 rings (SSSR count). The Labute approximate surface area is 259 Å². The van der Waals surface area contributed by atoms with Gasteiger partial charge in [0.05, 0.1) is 35.1 Å². The molecule has 226 valence electrons. The molecule has 44 heavy (non-hydrogen) atoms. The van der Waals surface area contributed by atoms with Crippen molar-refractivity contribution in [2.75, 3.05) is 19.8 Å². The van der Waals surface area contributed by atoms with Crippen molar-refractivity contribution in [2.45, 2.75) is 39.7 Å². The van der Waals surface area contributed by atoms with E-state index in [0.29, 0.717) is 37.8 Å². The lowest BCUT2D eigenvalue weighted by molar-refractivity contribution is -0.145. The molecule has 3 aromatic carbocycles. The zero-order valence-corrected chi connectivity index (χ0v) is 25.9. The molecule has 0 spiro atoms. The molecular formula is C35H34N2O6S. The minimum atomic E-state index is -0.765. The van der Waals surface area contributed by atoms with Crippen LogP contribution in [0.1, 0.15) is 61.9 Å². The monoisotopic (exact) mass is 610 g/mol. The number of para-hydroxylation sites is 1. The molecule has 0 bridgehead atoms. The molecule has 0 aliphatic carbocycles. The van der Waals surface area contributed by atoms with E-state index in [9.17, 15) is 14.4 Å². The lowest BCUT2D eigenvalue weighted by Crippen LogP contribution is -2.40. The summed E-state index contributed by atoms with van der Waals surface area (Å²) in [5, 5.41) is 0. The molecule has 0 radical (unpaired) electrons. The molecule has 8 nitrogen and oxygen atoms in total. The van der Waals surface area contributed by atoms with Crippen molar-refractivity contribution in [2.24, 2.45) is 4.99 Å². The third kappa shape index (κ3) is 6.43. The number of nitrogens with zero attached hydrogens (tertiary/aromatic N) is 2. The van der Waals surface area contributed by atoms with Crippen molar-refractivity contribution < 1.29 is 23.8 Å². The molecule has 1 aliphatic heterocycles. The first-order valence-electron chi connectivity index (χ1n) is 14.6. The number of ether oxygens (including phenoxy) is 3. The number of hydrogen-bond donors (Lipinski definition) is 0. The first kappa shape index (κ1) is 30.7. The molecule has 0 saturated carbocycles. The van der Waals surface area contributed by atoms with E-state index in [4.69, 9.17) is 19.2 Å². The summed E-state index contributed by atoms with van der Waals surface area (Å²) in [6, 6.07) is 23.8. The number of thiazole rings is 1. The van der Waals surface area contributed by atoms with E-state index in [0.717, 1.165) is 16.7 Å². The number of esters is 2. The van der Waals surface area contributed by atoms with Crippen molar-refractivity contribution in [3.63, 3.8) is 0 Å². The smallest absolute Gasteiger partial charge is 0.344 e. The third-order valence-electron chi connectivity index (χ3n) is 7.15. The molecule has 0 N–H and O–H groups in total. The summed E-state index contributed by atoms with van der Waals surface area (Å²) in [7, 11) is 0. The van der Waals surface area contributed by atoms with E-state index in [1.165, 1.54) is 11.3 Å². The van der Waals surface area contributed by atoms with Crippen molar-refractivity contribution in [3.05, 3.63) is 126 Å². The van der Waals surface area contributed by atoms with Gasteiger partial charge < -0.3 is 14.2 Å². The highest BCUT2D eigenvalue weighted by atomic mass is 32.1. The summed E-state index contributed by atoms with van der Waals surface area (Å²) in [6.07, 6.45) is 1.72. The van der Waals surface area contributed by atoms with Crippen LogP contribution in [0.5, 0.6) is 5.75 Å². The summed E-state index contributed by atoms with van der Waals surface area (Å²) in [4.78, 5) is 45.1. The van der Waals surface area contributed by atoms with Gasteiger partial charge in [-0.05, 0) is 43.0 Å². The zero-order chi connectivity index (χ0) is 31.2. The van der Waals surface area contributed by atoms with Crippen LogP contribution in [0, 0.1) is 0 Å². The van der Waals surface area contributed by atoms with Gasteiger partial charge in [0.25, 0.3) is 5.56 Å². The highest BCUT2D eigenvalue weighted by Gasteiger charge is 2.35. The van der Waals surface area contributed by atoms with Crippen LogP contribution in [0.3, 0.4) is 0 Å². The molecule has 4 aromatic rings. The molecular weight excluding hydrogens is 576 g/mol. The van der Waals surface area contributed by atoms with Gasteiger partial charge in [0.2, 0.25) is 0 Å². The Morgan fingerprint density at radius 1 is 0.932 bits per heavy atom. The van der Waals surface area contributed by atoms with Crippen LogP contribution in [0.25, 0.3) is 11.8 Å². The van der Waals surface area contributed by atoms with Gasteiger partial charge in [-0.25, -0.2) is 14.6 Å². The van der Waals surface area contributed by atoms with Crippen LogP contribution < -0.4 is 19.6 Å². The van der Waals surface area contributed by atoms with Crippen LogP contribution in [-0.4, -0.2) is 36.3 Å². The van der Waals surface area contributed by atoms with Gasteiger partial charge in [-0.15, -0.1) is 0 Å². The van der Waals surface area contributed by atoms with Gasteiger partial charge in [0, 0.05) is 11.1 Å². The Kier molecular flexibility index (Phi) is 9.55.